The van der Waals surface area contributed by atoms with Gasteiger partial charge in [-0.05, 0) is 37.4 Å². The van der Waals surface area contributed by atoms with Gasteiger partial charge < -0.3 is 9.47 Å². The second-order valence-electron chi connectivity index (χ2n) is 9.14. The smallest absolute Gasteiger partial charge is 0.349 e. The summed E-state index contributed by atoms with van der Waals surface area (Å²) in [6.07, 6.45) is 0.334. The van der Waals surface area contributed by atoms with Gasteiger partial charge in [0.15, 0.2) is 0 Å². The Morgan fingerprint density at radius 3 is 2.62 bits per heavy atom. The van der Waals surface area contributed by atoms with E-state index in [0.29, 0.717) is 27.6 Å². The minimum atomic E-state index is -0.896. The van der Waals surface area contributed by atoms with E-state index in [2.05, 4.69) is 10.1 Å². The lowest BCUT2D eigenvalue weighted by Crippen LogP contribution is -2.30. The van der Waals surface area contributed by atoms with Crippen LogP contribution >= 0.6 is 45.9 Å². The number of thiophene rings is 1. The van der Waals surface area contributed by atoms with Crippen molar-refractivity contribution < 1.29 is 19.1 Å². The van der Waals surface area contributed by atoms with Crippen LogP contribution in [0.5, 0.6) is 0 Å². The summed E-state index contributed by atoms with van der Waals surface area (Å²) in [6.45, 7) is 4.03. The molecule has 1 aliphatic heterocycles. The van der Waals surface area contributed by atoms with E-state index in [1.807, 2.05) is 31.4 Å². The van der Waals surface area contributed by atoms with Crippen LogP contribution in [0.4, 0.5) is 0 Å². The summed E-state index contributed by atoms with van der Waals surface area (Å²) in [5, 5.41) is 6.93. The van der Waals surface area contributed by atoms with Crippen molar-refractivity contribution in [3.8, 4) is 16.3 Å². The molecule has 5 rings (SSSR count). The predicted octanol–water partition coefficient (Wildman–Crippen LogP) is 4.14. The van der Waals surface area contributed by atoms with Gasteiger partial charge >= 0.3 is 17.6 Å². The minimum Gasteiger partial charge on any atom is -0.463 e. The van der Waals surface area contributed by atoms with Crippen molar-refractivity contribution in [2.24, 2.45) is 0 Å². The summed E-state index contributed by atoms with van der Waals surface area (Å²) in [6, 6.07) is 6.86. The van der Waals surface area contributed by atoms with Crippen LogP contribution in [0, 0.1) is 0 Å². The number of thiazole rings is 1. The number of carbonyl (C=O) groups excluding carboxylic acids is 2. The summed E-state index contributed by atoms with van der Waals surface area (Å²) < 4.78 is 11.2. The number of hydrogen-bond acceptors (Lipinski definition) is 10. The van der Waals surface area contributed by atoms with Gasteiger partial charge in [0, 0.05) is 32.3 Å². The van der Waals surface area contributed by atoms with E-state index in [0.717, 1.165) is 15.8 Å². The summed E-state index contributed by atoms with van der Waals surface area (Å²) in [5.74, 6) is -1.09. The molecular weight excluding hydrogens is 587 g/mol. The first-order chi connectivity index (χ1) is 18.5. The molecule has 4 aromatic rings. The molecule has 1 aliphatic rings. The Kier molecular flexibility index (Phi) is 7.47. The molecule has 1 saturated heterocycles. The average Bonchev–Trinajstić information content (AvgIpc) is 3.60. The van der Waals surface area contributed by atoms with E-state index in [9.17, 15) is 19.2 Å². The minimum absolute atomic E-state index is 0.0774. The number of carbonyl (C=O) groups is 2. The molecule has 1 atom stereocenters. The van der Waals surface area contributed by atoms with Gasteiger partial charge in [-0.15, -0.1) is 22.7 Å². The Morgan fingerprint density at radius 2 is 2.00 bits per heavy atom. The SMILES string of the molecule is CC(C)(c1nc(-c2cccs2)c(CC(=O)OC2CCOC2=O)s1)c1c(Cl)cc(-n2ncc(=O)[nH]c2=O)cc1Cl. The van der Waals surface area contributed by atoms with Crippen LogP contribution in [0.25, 0.3) is 16.3 Å². The first-order valence-corrected chi connectivity index (χ1v) is 14.1. The number of benzene rings is 1. The number of aromatic nitrogens is 4. The van der Waals surface area contributed by atoms with Crippen LogP contribution in [-0.2, 0) is 30.9 Å². The third-order valence-corrected chi connectivity index (χ3v) is 8.91. The van der Waals surface area contributed by atoms with Crippen molar-refractivity contribution >= 4 is 57.8 Å². The molecule has 0 saturated carbocycles. The van der Waals surface area contributed by atoms with Crippen LogP contribution in [0.1, 0.15) is 35.7 Å². The molecule has 202 valence electrons. The van der Waals surface area contributed by atoms with E-state index < -0.39 is 34.7 Å². The van der Waals surface area contributed by atoms with Crippen LogP contribution in [0.2, 0.25) is 10.0 Å². The van der Waals surface area contributed by atoms with Gasteiger partial charge in [-0.25, -0.2) is 14.6 Å². The third kappa shape index (κ3) is 5.42. The fourth-order valence-corrected chi connectivity index (χ4v) is 7.11. The maximum absolute atomic E-state index is 12.7. The average molecular weight is 607 g/mol. The van der Waals surface area contributed by atoms with E-state index >= 15 is 0 Å². The highest BCUT2D eigenvalue weighted by Gasteiger charge is 2.35. The molecule has 3 aromatic heterocycles. The highest BCUT2D eigenvalue weighted by atomic mass is 35.5. The quantitative estimate of drug-likeness (QED) is 0.310. The van der Waals surface area contributed by atoms with Crippen LogP contribution in [0.3, 0.4) is 0 Å². The van der Waals surface area contributed by atoms with Crippen molar-refractivity contribution in [2.75, 3.05) is 6.61 Å². The van der Waals surface area contributed by atoms with Crippen LogP contribution < -0.4 is 11.2 Å². The van der Waals surface area contributed by atoms with Crippen molar-refractivity contribution in [3.05, 3.63) is 82.2 Å². The number of halogens is 2. The Hall–Kier alpha value is -3.32. The Morgan fingerprint density at radius 1 is 1.26 bits per heavy atom. The van der Waals surface area contributed by atoms with E-state index in [-0.39, 0.29) is 28.8 Å². The number of nitrogens with one attached hydrogen (secondary N) is 1. The number of hydrogen-bond donors (Lipinski definition) is 1. The van der Waals surface area contributed by atoms with Gasteiger partial charge in [0.05, 0.1) is 29.3 Å². The fourth-order valence-electron chi connectivity index (χ4n) is 4.18. The summed E-state index contributed by atoms with van der Waals surface area (Å²) >= 11 is 16.2. The Labute approximate surface area is 239 Å². The highest BCUT2D eigenvalue weighted by Crippen LogP contribution is 2.45. The van der Waals surface area contributed by atoms with Gasteiger partial charge in [0.2, 0.25) is 6.10 Å². The second kappa shape index (κ2) is 10.7. The molecule has 0 aliphatic carbocycles. The number of H-pyrrole nitrogens is 1. The Bertz CT molecular complexity index is 1670. The zero-order valence-corrected chi connectivity index (χ0v) is 23.7. The normalized spacial score (nSPS) is 15.4. The molecule has 0 radical (unpaired) electrons. The largest absolute Gasteiger partial charge is 0.463 e. The second-order valence-corrected chi connectivity index (χ2v) is 12.0. The zero-order valence-electron chi connectivity index (χ0n) is 20.5. The maximum atomic E-state index is 12.7. The monoisotopic (exact) mass is 606 g/mol. The molecule has 1 fully saturated rings. The lowest BCUT2D eigenvalue weighted by Gasteiger charge is -2.26. The molecule has 0 spiro atoms. The number of aromatic amines is 1. The topological polar surface area (TPSA) is 133 Å². The summed E-state index contributed by atoms with van der Waals surface area (Å²) in [4.78, 5) is 56.7. The van der Waals surface area contributed by atoms with Crippen molar-refractivity contribution in [3.63, 3.8) is 0 Å². The lowest BCUT2D eigenvalue weighted by atomic mass is 9.85. The summed E-state index contributed by atoms with van der Waals surface area (Å²) in [5.41, 5.74) is -0.704. The molecule has 0 amide bonds. The molecule has 39 heavy (non-hydrogen) atoms. The number of nitrogens with zero attached hydrogens (tertiary/aromatic N) is 3. The first-order valence-electron chi connectivity index (χ1n) is 11.6. The number of ether oxygens (including phenoxy) is 2. The molecule has 10 nitrogen and oxygen atoms in total. The standard InChI is InChI=1S/C25H20Cl2N4O6S2/c1-25(2,20-13(26)8-12(9-14(20)27)31-24(35)29-18(32)11-28-31)23-30-21(16-4-3-7-38-16)17(39-23)10-19(33)37-15-5-6-36-22(15)34/h3-4,7-9,11,15H,5-6,10H2,1-2H3,(H,29,32,35). The molecule has 14 heteroatoms. The summed E-state index contributed by atoms with van der Waals surface area (Å²) in [7, 11) is 0. The zero-order chi connectivity index (χ0) is 27.9. The lowest BCUT2D eigenvalue weighted by molar-refractivity contribution is -0.159. The Balaban J connectivity index is 1.51. The maximum Gasteiger partial charge on any atom is 0.349 e. The fraction of sp³-hybridized carbons (Fsp3) is 0.280. The molecule has 1 N–H and O–H groups in total. The van der Waals surface area contributed by atoms with E-state index in [1.54, 1.807) is 0 Å². The van der Waals surface area contributed by atoms with Gasteiger partial charge in [-0.2, -0.15) is 9.78 Å². The van der Waals surface area contributed by atoms with E-state index in [4.69, 9.17) is 37.7 Å². The number of cyclic esters (lactones) is 1. The third-order valence-electron chi connectivity index (χ3n) is 6.06. The molecule has 4 heterocycles. The van der Waals surface area contributed by atoms with Crippen molar-refractivity contribution in [1.82, 2.24) is 19.7 Å². The van der Waals surface area contributed by atoms with Crippen LogP contribution in [-0.4, -0.2) is 44.4 Å². The van der Waals surface area contributed by atoms with Gasteiger partial charge in [0.25, 0.3) is 5.56 Å². The van der Waals surface area contributed by atoms with E-state index in [1.165, 1.54) is 34.8 Å². The van der Waals surface area contributed by atoms with Gasteiger partial charge in [-0.1, -0.05) is 29.3 Å². The highest BCUT2D eigenvalue weighted by molar-refractivity contribution is 7.15. The molecule has 0 bridgehead atoms. The van der Waals surface area contributed by atoms with Gasteiger partial charge in [0.1, 0.15) is 11.2 Å². The number of rotatable bonds is 7. The number of esters is 2. The predicted molar refractivity (Wildman–Crippen MR) is 147 cm³/mol. The molecule has 1 unspecified atom stereocenters. The molecule has 1 aromatic carbocycles. The first kappa shape index (κ1) is 27.3. The van der Waals surface area contributed by atoms with Gasteiger partial charge in [-0.3, -0.25) is 14.6 Å². The van der Waals surface area contributed by atoms with Crippen molar-refractivity contribution in [2.45, 2.75) is 38.2 Å². The van der Waals surface area contributed by atoms with Crippen LogP contribution in [0.15, 0.2) is 45.4 Å². The van der Waals surface area contributed by atoms with Crippen molar-refractivity contribution in [1.29, 1.82) is 0 Å². The molecular formula is C25H20Cl2N4O6S2.